The molecular weight excluding hydrogens is 430 g/mol. The molecule has 2 N–H and O–H groups in total. The fourth-order valence-electron chi connectivity index (χ4n) is 1.52. The third-order valence-corrected chi connectivity index (χ3v) is 6.62. The molecule has 108 valence electrons. The van der Waals surface area contributed by atoms with Gasteiger partial charge < -0.3 is 5.11 Å². The van der Waals surface area contributed by atoms with Crippen LogP contribution in [0.2, 0.25) is 0 Å². The highest BCUT2D eigenvalue weighted by atomic mass is 79.9. The van der Waals surface area contributed by atoms with E-state index in [1.54, 1.807) is 24.3 Å². The van der Waals surface area contributed by atoms with E-state index < -0.39 is 10.0 Å². The summed E-state index contributed by atoms with van der Waals surface area (Å²) in [5, 5.41) is 8.86. The smallest absolute Gasteiger partial charge is 0.271 e. The van der Waals surface area contributed by atoms with Crippen LogP contribution in [0.4, 0.5) is 5.69 Å². The Balaban J connectivity index is 2.28. The first kappa shape index (κ1) is 16.0. The van der Waals surface area contributed by atoms with Crippen molar-refractivity contribution in [2.45, 2.75) is 10.6 Å². The van der Waals surface area contributed by atoms with Gasteiger partial charge in [-0.15, -0.1) is 11.3 Å². The minimum absolute atomic E-state index is 0.00457. The molecule has 0 spiro atoms. The van der Waals surface area contributed by atoms with Crippen LogP contribution in [0.1, 0.15) is 4.88 Å². The third kappa shape index (κ3) is 3.82. The van der Waals surface area contributed by atoms with Crippen molar-refractivity contribution in [2.24, 2.45) is 0 Å². The standard InChI is InChI=1S/C12H11Br2NO3S2/c13-8-1-3-10(14)11(7-8)15-20(17,18)12-4-2-9(19-12)5-6-16/h1-4,7,15-16H,5-6H2. The highest BCUT2D eigenvalue weighted by molar-refractivity contribution is 9.11. The van der Waals surface area contributed by atoms with Gasteiger partial charge in [-0.1, -0.05) is 15.9 Å². The largest absolute Gasteiger partial charge is 0.396 e. The number of thiophene rings is 1. The summed E-state index contributed by atoms with van der Waals surface area (Å²) in [6, 6.07) is 8.51. The quantitative estimate of drug-likeness (QED) is 0.746. The van der Waals surface area contributed by atoms with Crippen LogP contribution in [0.15, 0.2) is 43.5 Å². The molecule has 1 aromatic carbocycles. The van der Waals surface area contributed by atoms with Gasteiger partial charge in [0.1, 0.15) is 4.21 Å². The van der Waals surface area contributed by atoms with Gasteiger partial charge in [-0.2, -0.15) is 0 Å². The molecule has 0 fully saturated rings. The van der Waals surface area contributed by atoms with E-state index in [0.717, 1.165) is 20.7 Å². The Bertz CT molecular complexity index is 713. The molecular formula is C12H11Br2NO3S2. The fraction of sp³-hybridized carbons (Fsp3) is 0.167. The zero-order valence-electron chi connectivity index (χ0n) is 10.1. The maximum atomic E-state index is 12.3. The van der Waals surface area contributed by atoms with E-state index >= 15 is 0 Å². The summed E-state index contributed by atoms with van der Waals surface area (Å²) in [6.07, 6.45) is 0.459. The van der Waals surface area contributed by atoms with Crippen molar-refractivity contribution in [1.29, 1.82) is 0 Å². The topological polar surface area (TPSA) is 66.4 Å². The summed E-state index contributed by atoms with van der Waals surface area (Å²) in [7, 11) is -3.61. The average Bonchev–Trinajstić information content (AvgIpc) is 2.83. The number of halogens is 2. The maximum absolute atomic E-state index is 12.3. The van der Waals surface area contributed by atoms with Gasteiger partial charge in [0.15, 0.2) is 0 Å². The van der Waals surface area contributed by atoms with Crippen LogP contribution in [0, 0.1) is 0 Å². The van der Waals surface area contributed by atoms with E-state index in [-0.39, 0.29) is 10.8 Å². The van der Waals surface area contributed by atoms with Crippen LogP contribution in [0.3, 0.4) is 0 Å². The van der Waals surface area contributed by atoms with Crippen molar-refractivity contribution in [3.63, 3.8) is 0 Å². The molecule has 8 heteroatoms. The second-order valence-electron chi connectivity index (χ2n) is 3.92. The highest BCUT2D eigenvalue weighted by Gasteiger charge is 2.18. The summed E-state index contributed by atoms with van der Waals surface area (Å²) in [5.74, 6) is 0. The molecule has 20 heavy (non-hydrogen) atoms. The Morgan fingerprint density at radius 1 is 1.20 bits per heavy atom. The van der Waals surface area contributed by atoms with Gasteiger partial charge in [-0.25, -0.2) is 8.42 Å². The van der Waals surface area contributed by atoms with Gasteiger partial charge in [-0.05, 0) is 46.3 Å². The number of anilines is 1. The second kappa shape index (κ2) is 6.57. The van der Waals surface area contributed by atoms with Gasteiger partial charge in [0.05, 0.1) is 5.69 Å². The van der Waals surface area contributed by atoms with Crippen LogP contribution >= 0.6 is 43.2 Å². The van der Waals surface area contributed by atoms with Gasteiger partial charge in [-0.3, -0.25) is 4.72 Å². The van der Waals surface area contributed by atoms with E-state index in [4.69, 9.17) is 5.11 Å². The lowest BCUT2D eigenvalue weighted by Crippen LogP contribution is -2.11. The maximum Gasteiger partial charge on any atom is 0.271 e. The summed E-state index contributed by atoms with van der Waals surface area (Å²) in [6.45, 7) is 0.00457. The number of sulfonamides is 1. The first-order chi connectivity index (χ1) is 9.42. The van der Waals surface area contributed by atoms with Crippen LogP contribution in [0.25, 0.3) is 0 Å². The number of aliphatic hydroxyl groups is 1. The van der Waals surface area contributed by atoms with Crippen molar-refractivity contribution in [3.05, 3.63) is 44.2 Å². The van der Waals surface area contributed by atoms with Crippen molar-refractivity contribution >= 4 is 58.9 Å². The van der Waals surface area contributed by atoms with Crippen LogP contribution in [0.5, 0.6) is 0 Å². The van der Waals surface area contributed by atoms with Crippen molar-refractivity contribution < 1.29 is 13.5 Å². The summed E-state index contributed by atoms with van der Waals surface area (Å²) in [5.41, 5.74) is 0.469. The Morgan fingerprint density at radius 3 is 2.65 bits per heavy atom. The number of hydrogen-bond donors (Lipinski definition) is 2. The molecule has 0 saturated carbocycles. The predicted octanol–water partition coefficient (Wildman–Crippen LogP) is 3.61. The molecule has 2 aromatic rings. The lowest BCUT2D eigenvalue weighted by molar-refractivity contribution is 0.300. The summed E-state index contributed by atoms with van der Waals surface area (Å²) in [4.78, 5) is 0.834. The van der Waals surface area contributed by atoms with E-state index in [1.165, 1.54) is 0 Å². The van der Waals surface area contributed by atoms with E-state index in [2.05, 4.69) is 36.6 Å². The number of rotatable bonds is 5. The monoisotopic (exact) mass is 439 g/mol. The first-order valence-corrected chi connectivity index (χ1v) is 9.48. The van der Waals surface area contributed by atoms with Crippen molar-refractivity contribution in [2.75, 3.05) is 11.3 Å². The van der Waals surface area contributed by atoms with E-state index in [0.29, 0.717) is 16.6 Å². The Hall–Kier alpha value is -0.410. The molecule has 2 rings (SSSR count). The Labute approximate surface area is 138 Å². The molecule has 0 amide bonds. The second-order valence-corrected chi connectivity index (χ2v) is 8.77. The van der Waals surface area contributed by atoms with Gasteiger partial charge in [0.25, 0.3) is 10.0 Å². The highest BCUT2D eigenvalue weighted by Crippen LogP contribution is 2.30. The minimum Gasteiger partial charge on any atom is -0.396 e. The van der Waals surface area contributed by atoms with Crippen molar-refractivity contribution in [3.8, 4) is 0 Å². The zero-order valence-corrected chi connectivity index (χ0v) is 14.9. The Morgan fingerprint density at radius 2 is 1.95 bits per heavy atom. The summed E-state index contributed by atoms with van der Waals surface area (Å²) >= 11 is 7.77. The molecule has 0 radical (unpaired) electrons. The number of benzene rings is 1. The molecule has 0 saturated heterocycles. The summed E-state index contributed by atoms with van der Waals surface area (Å²) < 4.78 is 28.8. The SMILES string of the molecule is O=S(=O)(Nc1cc(Br)ccc1Br)c1ccc(CCO)s1. The van der Waals surface area contributed by atoms with Gasteiger partial charge in [0, 0.05) is 26.9 Å². The molecule has 0 atom stereocenters. The third-order valence-electron chi connectivity index (χ3n) is 2.43. The lowest BCUT2D eigenvalue weighted by Gasteiger charge is -2.08. The minimum atomic E-state index is -3.61. The van der Waals surface area contributed by atoms with Crippen LogP contribution in [-0.2, 0) is 16.4 Å². The van der Waals surface area contributed by atoms with Crippen LogP contribution < -0.4 is 4.72 Å². The molecule has 1 heterocycles. The normalized spacial score (nSPS) is 11.6. The first-order valence-electron chi connectivity index (χ1n) is 5.60. The number of hydrogen-bond acceptors (Lipinski definition) is 4. The molecule has 1 aromatic heterocycles. The number of aliphatic hydroxyl groups excluding tert-OH is 1. The van der Waals surface area contributed by atoms with E-state index in [9.17, 15) is 8.42 Å². The Kier molecular flexibility index (Phi) is 5.25. The molecule has 4 nitrogen and oxygen atoms in total. The molecule has 0 aliphatic heterocycles. The molecule has 0 aliphatic carbocycles. The predicted molar refractivity (Wildman–Crippen MR) is 87.8 cm³/mol. The zero-order chi connectivity index (χ0) is 14.8. The molecule has 0 bridgehead atoms. The van der Waals surface area contributed by atoms with Gasteiger partial charge >= 0.3 is 0 Å². The van der Waals surface area contributed by atoms with Crippen LogP contribution in [-0.4, -0.2) is 20.1 Å². The molecule has 0 aliphatic rings. The lowest BCUT2D eigenvalue weighted by atomic mass is 10.3. The van der Waals surface area contributed by atoms with Crippen molar-refractivity contribution in [1.82, 2.24) is 0 Å². The number of nitrogens with one attached hydrogen (secondary N) is 1. The van der Waals surface area contributed by atoms with Gasteiger partial charge in [0.2, 0.25) is 0 Å². The van der Waals surface area contributed by atoms with E-state index in [1.807, 2.05) is 6.07 Å². The molecule has 0 unspecified atom stereocenters. The fourth-order valence-corrected chi connectivity index (χ4v) is 4.77. The average molecular weight is 441 g/mol.